The van der Waals surface area contributed by atoms with Crippen LogP contribution in [-0.4, -0.2) is 37.0 Å². The summed E-state index contributed by atoms with van der Waals surface area (Å²) in [7, 11) is -2.03. The first-order valence-corrected chi connectivity index (χ1v) is 16.0. The first-order chi connectivity index (χ1) is 17.9. The molecule has 1 aliphatic rings. The molecule has 1 atom stereocenters. The van der Waals surface area contributed by atoms with Gasteiger partial charge in [-0.1, -0.05) is 39.8 Å². The molecule has 38 heavy (non-hydrogen) atoms. The lowest BCUT2D eigenvalue weighted by Gasteiger charge is -2.41. The van der Waals surface area contributed by atoms with Crippen LogP contribution in [0.4, 0.5) is 32.3 Å². The number of aryl methyl sites for hydroxylation is 1. The quantitative estimate of drug-likeness (QED) is 0.307. The van der Waals surface area contributed by atoms with Crippen molar-refractivity contribution in [2.24, 2.45) is 0 Å². The molecule has 3 aromatic rings. The summed E-state index contributed by atoms with van der Waals surface area (Å²) in [5.41, 5.74) is 3.54. The molecule has 1 N–H and O–H groups in total. The number of urea groups is 1. The number of fused-ring (bicyclic) bond motifs is 1. The number of halogens is 1. The number of nitrogens with zero attached hydrogens (tertiary/aromatic N) is 4. The Bertz CT molecular complexity index is 1280. The SMILES string of the molecule is CCc1ccc(N2Cc3cnc(Nc4ccc(F)cc4)nc3N([C@H](C)CO[Si](C)(C)C(C)(C)C)C2=O)cc1. The second kappa shape index (κ2) is 10.8. The molecular weight excluding hydrogens is 497 g/mol. The van der Waals surface area contributed by atoms with Crippen molar-refractivity contribution < 1.29 is 13.6 Å². The molecule has 0 bridgehead atoms. The fraction of sp³-hybridized carbons (Fsp3) is 0.414. The molecule has 2 aromatic carbocycles. The second-order valence-electron chi connectivity index (χ2n) is 11.4. The van der Waals surface area contributed by atoms with Gasteiger partial charge in [0.1, 0.15) is 11.6 Å². The number of benzene rings is 2. The van der Waals surface area contributed by atoms with Gasteiger partial charge in [0, 0.05) is 23.1 Å². The Morgan fingerprint density at radius 2 is 1.76 bits per heavy atom. The van der Waals surface area contributed by atoms with Crippen molar-refractivity contribution in [1.82, 2.24) is 9.97 Å². The van der Waals surface area contributed by atoms with Crippen LogP contribution in [-0.2, 0) is 17.4 Å². The summed E-state index contributed by atoms with van der Waals surface area (Å²) in [5.74, 6) is 0.579. The van der Waals surface area contributed by atoms with Crippen LogP contribution in [0.3, 0.4) is 0 Å². The maximum Gasteiger partial charge on any atom is 0.330 e. The smallest absolute Gasteiger partial charge is 0.330 e. The Hall–Kier alpha value is -3.30. The van der Waals surface area contributed by atoms with Crippen LogP contribution >= 0.6 is 0 Å². The van der Waals surface area contributed by atoms with Crippen molar-refractivity contribution >= 4 is 37.5 Å². The van der Waals surface area contributed by atoms with Gasteiger partial charge in [-0.3, -0.25) is 9.80 Å². The summed E-state index contributed by atoms with van der Waals surface area (Å²) in [5, 5.41) is 3.18. The number of hydrogen-bond acceptors (Lipinski definition) is 5. The lowest BCUT2D eigenvalue weighted by Crippen LogP contribution is -2.54. The number of aromatic nitrogens is 2. The molecular formula is C29H38FN5O2Si. The predicted molar refractivity (Wildman–Crippen MR) is 154 cm³/mol. The molecule has 2 heterocycles. The van der Waals surface area contributed by atoms with Crippen molar-refractivity contribution in [1.29, 1.82) is 0 Å². The Labute approximate surface area is 226 Å². The summed E-state index contributed by atoms with van der Waals surface area (Å²) in [6.45, 7) is 15.9. The molecule has 0 saturated carbocycles. The van der Waals surface area contributed by atoms with Crippen molar-refractivity contribution in [3.05, 3.63) is 71.7 Å². The highest BCUT2D eigenvalue weighted by molar-refractivity contribution is 6.74. The van der Waals surface area contributed by atoms with Crippen LogP contribution in [0.15, 0.2) is 54.7 Å². The Balaban J connectivity index is 1.68. The first-order valence-electron chi connectivity index (χ1n) is 13.1. The Morgan fingerprint density at radius 1 is 1.11 bits per heavy atom. The fourth-order valence-corrected chi connectivity index (χ4v) is 5.12. The third-order valence-corrected chi connectivity index (χ3v) is 12.0. The fourth-order valence-electron chi connectivity index (χ4n) is 4.03. The highest BCUT2D eigenvalue weighted by Crippen LogP contribution is 2.38. The normalized spacial score (nSPS) is 14.9. The Morgan fingerprint density at radius 3 is 2.37 bits per heavy atom. The third kappa shape index (κ3) is 5.89. The molecule has 2 amide bonds. The van der Waals surface area contributed by atoms with Gasteiger partial charge in [-0.2, -0.15) is 4.98 Å². The monoisotopic (exact) mass is 535 g/mol. The summed E-state index contributed by atoms with van der Waals surface area (Å²) >= 11 is 0. The average Bonchev–Trinajstić information content (AvgIpc) is 2.88. The van der Waals surface area contributed by atoms with Gasteiger partial charge < -0.3 is 9.74 Å². The largest absolute Gasteiger partial charge is 0.415 e. The van der Waals surface area contributed by atoms with Crippen LogP contribution in [0.5, 0.6) is 0 Å². The van der Waals surface area contributed by atoms with Crippen molar-refractivity contribution in [2.75, 3.05) is 21.7 Å². The van der Waals surface area contributed by atoms with Gasteiger partial charge in [0.15, 0.2) is 8.32 Å². The van der Waals surface area contributed by atoms with E-state index in [0.717, 1.165) is 17.7 Å². The van der Waals surface area contributed by atoms with E-state index in [1.807, 2.05) is 19.1 Å². The average molecular weight is 536 g/mol. The van der Waals surface area contributed by atoms with Crippen LogP contribution in [0.2, 0.25) is 18.1 Å². The molecule has 0 saturated heterocycles. The van der Waals surface area contributed by atoms with Gasteiger partial charge >= 0.3 is 6.03 Å². The van der Waals surface area contributed by atoms with Crippen LogP contribution in [0.25, 0.3) is 0 Å². The van der Waals surface area contributed by atoms with Crippen LogP contribution < -0.4 is 15.1 Å². The van der Waals surface area contributed by atoms with Crippen molar-refractivity contribution in [3.63, 3.8) is 0 Å². The van der Waals surface area contributed by atoms with E-state index < -0.39 is 8.32 Å². The van der Waals surface area contributed by atoms with Crippen LogP contribution in [0, 0.1) is 5.82 Å². The molecule has 0 radical (unpaired) electrons. The standard InChI is InChI=1S/C29H38FN5O2Si/c1-8-21-9-15-25(16-10-21)34-18-22-17-31-27(32-24-13-11-23(30)12-14-24)33-26(22)35(28(34)36)20(2)19-37-38(6,7)29(3,4)5/h9-17,20H,8,18-19H2,1-7H3,(H,31,32,33)/t20-/m1/s1. The minimum atomic E-state index is -2.03. The minimum Gasteiger partial charge on any atom is -0.415 e. The van der Waals surface area contributed by atoms with E-state index in [9.17, 15) is 9.18 Å². The number of carbonyl (C=O) groups is 1. The van der Waals surface area contributed by atoms with Gasteiger partial charge in [0.05, 0.1) is 19.2 Å². The van der Waals surface area contributed by atoms with Crippen LogP contribution in [0.1, 0.15) is 45.7 Å². The number of rotatable bonds is 8. The topological polar surface area (TPSA) is 70.6 Å². The summed E-state index contributed by atoms with van der Waals surface area (Å²) in [6.07, 6.45) is 2.69. The first kappa shape index (κ1) is 27.7. The van der Waals surface area contributed by atoms with E-state index in [4.69, 9.17) is 9.41 Å². The minimum absolute atomic E-state index is 0.0536. The number of nitrogens with one attached hydrogen (secondary N) is 1. The third-order valence-electron chi connectivity index (χ3n) is 7.52. The molecule has 1 aliphatic heterocycles. The summed E-state index contributed by atoms with van der Waals surface area (Å²) in [6, 6.07) is 13.7. The predicted octanol–water partition coefficient (Wildman–Crippen LogP) is 7.28. The molecule has 0 unspecified atom stereocenters. The lowest BCUT2D eigenvalue weighted by molar-refractivity contribution is 0.235. The zero-order valence-corrected chi connectivity index (χ0v) is 24.4. The number of hydrogen-bond donors (Lipinski definition) is 1. The molecule has 7 nitrogen and oxygen atoms in total. The zero-order chi connectivity index (χ0) is 27.7. The molecule has 9 heteroatoms. The molecule has 0 spiro atoms. The van der Waals surface area contributed by atoms with E-state index in [-0.39, 0.29) is 22.9 Å². The lowest BCUT2D eigenvalue weighted by atomic mass is 10.1. The van der Waals surface area contributed by atoms with Gasteiger partial charge in [-0.15, -0.1) is 0 Å². The second-order valence-corrected chi connectivity index (χ2v) is 16.2. The maximum absolute atomic E-state index is 14.0. The van der Waals surface area contributed by atoms with Gasteiger partial charge in [-0.25, -0.2) is 14.2 Å². The van der Waals surface area contributed by atoms with Gasteiger partial charge in [0.2, 0.25) is 5.95 Å². The number of anilines is 4. The van der Waals surface area contributed by atoms with E-state index >= 15 is 0 Å². The van der Waals surface area contributed by atoms with Gasteiger partial charge in [0.25, 0.3) is 0 Å². The number of carbonyl (C=O) groups excluding carboxylic acids is 1. The molecule has 1 aromatic heterocycles. The summed E-state index contributed by atoms with van der Waals surface area (Å²) in [4.78, 5) is 26.7. The molecule has 202 valence electrons. The highest BCUT2D eigenvalue weighted by Gasteiger charge is 2.40. The zero-order valence-electron chi connectivity index (χ0n) is 23.4. The Kier molecular flexibility index (Phi) is 7.90. The number of amides is 2. The molecule has 0 aliphatic carbocycles. The van der Waals surface area contributed by atoms with E-state index in [1.54, 1.807) is 28.1 Å². The molecule has 4 rings (SSSR count). The maximum atomic E-state index is 14.0. The van der Waals surface area contributed by atoms with E-state index in [0.29, 0.717) is 30.6 Å². The van der Waals surface area contributed by atoms with Crippen molar-refractivity contribution in [2.45, 2.75) is 71.8 Å². The molecule has 0 fully saturated rings. The van der Waals surface area contributed by atoms with E-state index in [2.05, 4.69) is 63.2 Å². The highest BCUT2D eigenvalue weighted by atomic mass is 28.4. The van der Waals surface area contributed by atoms with Crippen molar-refractivity contribution in [3.8, 4) is 0 Å². The van der Waals surface area contributed by atoms with E-state index in [1.165, 1.54) is 17.7 Å². The summed E-state index contributed by atoms with van der Waals surface area (Å²) < 4.78 is 19.9. The van der Waals surface area contributed by atoms with Gasteiger partial charge in [-0.05, 0) is 73.4 Å².